The minimum atomic E-state index is -0.286. The van der Waals surface area contributed by atoms with Crippen molar-refractivity contribution in [3.63, 3.8) is 0 Å². The molecule has 2 aromatic carbocycles. The fourth-order valence-corrected chi connectivity index (χ4v) is 3.32. The zero-order chi connectivity index (χ0) is 18.8. The van der Waals surface area contributed by atoms with Gasteiger partial charge in [-0.2, -0.15) is 0 Å². The topological polar surface area (TPSA) is 45.9 Å². The number of fused-ring (bicyclic) bond motifs is 1. The summed E-state index contributed by atoms with van der Waals surface area (Å²) in [5, 5.41) is 0. The van der Waals surface area contributed by atoms with Crippen LogP contribution in [-0.2, 0) is 0 Å². The number of ether oxygens (including phenoxy) is 1. The van der Waals surface area contributed by atoms with Gasteiger partial charge in [0.25, 0.3) is 5.91 Å². The van der Waals surface area contributed by atoms with E-state index in [0.717, 1.165) is 22.9 Å². The highest BCUT2D eigenvalue weighted by atomic mass is 16.5. The van der Waals surface area contributed by atoms with Crippen molar-refractivity contribution in [1.29, 1.82) is 0 Å². The van der Waals surface area contributed by atoms with E-state index >= 15 is 0 Å². The number of carbonyl (C=O) groups is 1. The number of furan rings is 1. The van der Waals surface area contributed by atoms with Gasteiger partial charge in [0.2, 0.25) is 0 Å². The number of carbonyl (C=O) groups excluding carboxylic acids is 1. The van der Waals surface area contributed by atoms with E-state index in [4.69, 9.17) is 9.15 Å². The lowest BCUT2D eigenvalue weighted by Gasteiger charge is -2.42. The van der Waals surface area contributed by atoms with Crippen molar-refractivity contribution in [3.8, 4) is 5.75 Å². The molecule has 5 nitrogen and oxygen atoms in total. The van der Waals surface area contributed by atoms with E-state index in [1.165, 1.54) is 0 Å². The fourth-order valence-electron chi connectivity index (χ4n) is 3.32. The Labute approximate surface area is 158 Å². The van der Waals surface area contributed by atoms with Crippen LogP contribution in [0.3, 0.4) is 0 Å². The third kappa shape index (κ3) is 3.08. The Hall–Kier alpha value is -3.47. The molecule has 1 aliphatic rings. The summed E-state index contributed by atoms with van der Waals surface area (Å²) in [5.41, 5.74) is 2.39. The normalized spacial score (nSPS) is 16.7. The fraction of sp³-hybridized carbons (Fsp3) is 0.136. The largest absolute Gasteiger partial charge is 0.497 e. The summed E-state index contributed by atoms with van der Waals surface area (Å²) in [6.07, 6.45) is 5.20. The van der Waals surface area contributed by atoms with Crippen LogP contribution < -0.4 is 14.5 Å². The average Bonchev–Trinajstić information content (AvgIpc) is 3.23. The SMILES string of the molecule is COc1ccc(N2C(=O)c3ccccc3N(C)C2C=Cc2ccco2)cc1. The van der Waals surface area contributed by atoms with Gasteiger partial charge in [-0.15, -0.1) is 0 Å². The van der Waals surface area contributed by atoms with Crippen molar-refractivity contribution in [2.75, 3.05) is 24.0 Å². The van der Waals surface area contributed by atoms with Crippen LogP contribution in [0.15, 0.2) is 77.4 Å². The molecule has 1 atom stereocenters. The molecule has 2 heterocycles. The maximum Gasteiger partial charge on any atom is 0.262 e. The number of anilines is 2. The monoisotopic (exact) mass is 360 g/mol. The number of amides is 1. The molecule has 0 spiro atoms. The Bertz CT molecular complexity index is 961. The lowest BCUT2D eigenvalue weighted by Crippen LogP contribution is -2.53. The highest BCUT2D eigenvalue weighted by molar-refractivity contribution is 6.12. The van der Waals surface area contributed by atoms with Gasteiger partial charge >= 0.3 is 0 Å². The van der Waals surface area contributed by atoms with Gasteiger partial charge < -0.3 is 14.1 Å². The van der Waals surface area contributed by atoms with Crippen LogP contribution in [0.1, 0.15) is 16.1 Å². The van der Waals surface area contributed by atoms with Gasteiger partial charge in [0.1, 0.15) is 17.7 Å². The van der Waals surface area contributed by atoms with Crippen LogP contribution in [0.4, 0.5) is 11.4 Å². The molecular formula is C22H20N2O3. The summed E-state index contributed by atoms with van der Waals surface area (Å²) in [5.74, 6) is 1.45. The summed E-state index contributed by atoms with van der Waals surface area (Å²) in [7, 11) is 3.61. The van der Waals surface area contributed by atoms with Crippen molar-refractivity contribution in [2.24, 2.45) is 0 Å². The Kier molecular flexibility index (Phi) is 4.42. The maximum absolute atomic E-state index is 13.3. The number of rotatable bonds is 4. The molecule has 136 valence electrons. The second kappa shape index (κ2) is 7.03. The lowest BCUT2D eigenvalue weighted by atomic mass is 10.0. The van der Waals surface area contributed by atoms with E-state index in [-0.39, 0.29) is 12.1 Å². The molecule has 1 aromatic heterocycles. The molecule has 1 amide bonds. The van der Waals surface area contributed by atoms with E-state index in [0.29, 0.717) is 5.56 Å². The van der Waals surface area contributed by atoms with Crippen LogP contribution in [0.2, 0.25) is 0 Å². The van der Waals surface area contributed by atoms with Gasteiger partial charge in [0.15, 0.2) is 0 Å². The number of benzene rings is 2. The van der Waals surface area contributed by atoms with E-state index < -0.39 is 0 Å². The molecule has 0 bridgehead atoms. The van der Waals surface area contributed by atoms with Crippen LogP contribution in [0.25, 0.3) is 6.08 Å². The van der Waals surface area contributed by atoms with Crippen molar-refractivity contribution >= 4 is 23.4 Å². The molecule has 3 aromatic rings. The quantitative estimate of drug-likeness (QED) is 0.691. The third-order valence-corrected chi connectivity index (χ3v) is 4.72. The van der Waals surface area contributed by atoms with Crippen LogP contribution >= 0.6 is 0 Å². The van der Waals surface area contributed by atoms with Gasteiger partial charge in [0, 0.05) is 12.7 Å². The molecule has 1 aliphatic heterocycles. The van der Waals surface area contributed by atoms with Gasteiger partial charge in [-0.05, 0) is 60.7 Å². The molecule has 0 saturated heterocycles. The number of methoxy groups -OCH3 is 1. The minimum absolute atomic E-state index is 0.0389. The third-order valence-electron chi connectivity index (χ3n) is 4.72. The molecule has 0 N–H and O–H groups in total. The summed E-state index contributed by atoms with van der Waals surface area (Å²) in [6.45, 7) is 0. The van der Waals surface area contributed by atoms with Gasteiger partial charge in [0.05, 0.1) is 24.6 Å². The zero-order valence-electron chi connectivity index (χ0n) is 15.2. The van der Waals surface area contributed by atoms with E-state index in [9.17, 15) is 4.79 Å². The molecule has 0 saturated carbocycles. The maximum atomic E-state index is 13.3. The molecule has 4 rings (SSSR count). The number of hydrogen-bond donors (Lipinski definition) is 0. The molecule has 5 heteroatoms. The summed E-state index contributed by atoms with van der Waals surface area (Å²) in [4.78, 5) is 17.2. The Morgan fingerprint density at radius 1 is 1.04 bits per heavy atom. The van der Waals surface area contributed by atoms with Gasteiger partial charge in [-0.1, -0.05) is 12.1 Å². The molecule has 0 fully saturated rings. The first kappa shape index (κ1) is 17.0. The Balaban J connectivity index is 1.79. The molecule has 1 unspecified atom stereocenters. The Morgan fingerprint density at radius 2 is 1.81 bits per heavy atom. The summed E-state index contributed by atoms with van der Waals surface area (Å²) >= 11 is 0. The number of hydrogen-bond acceptors (Lipinski definition) is 4. The zero-order valence-corrected chi connectivity index (χ0v) is 15.2. The lowest BCUT2D eigenvalue weighted by molar-refractivity contribution is 0.0975. The van der Waals surface area contributed by atoms with Crippen molar-refractivity contribution in [2.45, 2.75) is 6.17 Å². The van der Waals surface area contributed by atoms with Gasteiger partial charge in [-0.3, -0.25) is 9.69 Å². The standard InChI is InChI=1S/C22H20N2O3/c1-23-20-8-4-3-7-19(20)22(25)24(16-9-11-17(26-2)12-10-16)21(23)14-13-18-6-5-15-27-18/h3-15,21H,1-2H3. The van der Waals surface area contributed by atoms with Crippen LogP contribution in [0, 0.1) is 0 Å². The molecular weight excluding hydrogens is 340 g/mol. The number of nitrogens with zero attached hydrogens (tertiary/aromatic N) is 2. The minimum Gasteiger partial charge on any atom is -0.497 e. The van der Waals surface area contributed by atoms with Gasteiger partial charge in [-0.25, -0.2) is 0 Å². The average molecular weight is 360 g/mol. The first-order chi connectivity index (χ1) is 13.2. The van der Waals surface area contributed by atoms with E-state index in [1.807, 2.05) is 79.9 Å². The molecule has 0 radical (unpaired) electrons. The van der Waals surface area contributed by atoms with E-state index in [2.05, 4.69) is 4.90 Å². The highest BCUT2D eigenvalue weighted by Gasteiger charge is 2.35. The summed E-state index contributed by atoms with van der Waals surface area (Å²) < 4.78 is 10.6. The molecule has 27 heavy (non-hydrogen) atoms. The summed E-state index contributed by atoms with van der Waals surface area (Å²) in [6, 6.07) is 18.9. The van der Waals surface area contributed by atoms with E-state index in [1.54, 1.807) is 18.3 Å². The second-order valence-electron chi connectivity index (χ2n) is 6.29. The van der Waals surface area contributed by atoms with Crippen molar-refractivity contribution in [3.05, 3.63) is 84.3 Å². The highest BCUT2D eigenvalue weighted by Crippen LogP contribution is 2.34. The Morgan fingerprint density at radius 3 is 2.52 bits per heavy atom. The number of likely N-dealkylation sites (N-methyl/N-ethyl adjacent to an activating group) is 1. The van der Waals surface area contributed by atoms with Crippen LogP contribution in [0.5, 0.6) is 5.75 Å². The van der Waals surface area contributed by atoms with Crippen molar-refractivity contribution in [1.82, 2.24) is 0 Å². The predicted molar refractivity (Wildman–Crippen MR) is 106 cm³/mol. The van der Waals surface area contributed by atoms with Crippen LogP contribution in [-0.4, -0.2) is 26.2 Å². The second-order valence-corrected chi connectivity index (χ2v) is 6.29. The first-order valence-electron chi connectivity index (χ1n) is 8.70. The smallest absolute Gasteiger partial charge is 0.262 e. The first-order valence-corrected chi connectivity index (χ1v) is 8.70. The molecule has 0 aliphatic carbocycles. The van der Waals surface area contributed by atoms with Crippen molar-refractivity contribution < 1.29 is 13.9 Å². The predicted octanol–water partition coefficient (Wildman–Crippen LogP) is 4.42. The number of para-hydroxylation sites is 1.